The molecule has 2 saturated heterocycles. The quantitative estimate of drug-likeness (QED) is 0.736. The van der Waals surface area contributed by atoms with Crippen molar-refractivity contribution in [3.05, 3.63) is 11.9 Å². The summed E-state index contributed by atoms with van der Waals surface area (Å²) >= 11 is 0. The zero-order valence-corrected chi connectivity index (χ0v) is 14.1. The van der Waals surface area contributed by atoms with Gasteiger partial charge in [0.2, 0.25) is 0 Å². The van der Waals surface area contributed by atoms with Gasteiger partial charge in [0.1, 0.15) is 0 Å². The smallest absolute Gasteiger partial charge is 0.358 e. The normalized spacial score (nSPS) is 24.1. The topological polar surface area (TPSA) is 118 Å². The summed E-state index contributed by atoms with van der Waals surface area (Å²) in [4.78, 5) is 10.8. The van der Waals surface area contributed by atoms with Crippen LogP contribution in [0, 0.1) is 5.92 Å². The Morgan fingerprint density at radius 2 is 2.04 bits per heavy atom. The third-order valence-electron chi connectivity index (χ3n) is 4.31. The Labute approximate surface area is 140 Å². The number of nitrogens with zero attached hydrogens (tertiary/aromatic N) is 5. The summed E-state index contributed by atoms with van der Waals surface area (Å²) in [5.41, 5.74) is -0.108. The maximum Gasteiger partial charge on any atom is 0.358 e. The number of piperidine rings is 1. The second kappa shape index (κ2) is 7.13. The molecule has 24 heavy (non-hydrogen) atoms. The van der Waals surface area contributed by atoms with E-state index >= 15 is 0 Å². The molecular formula is C13H21N5O5S. The van der Waals surface area contributed by atoms with Crippen molar-refractivity contribution >= 4 is 16.2 Å². The minimum Gasteiger partial charge on any atom is -0.476 e. The molecule has 10 nitrogen and oxygen atoms in total. The summed E-state index contributed by atoms with van der Waals surface area (Å²) in [5, 5.41) is 16.3. The van der Waals surface area contributed by atoms with Gasteiger partial charge in [0.25, 0.3) is 10.2 Å². The van der Waals surface area contributed by atoms with Crippen molar-refractivity contribution in [3.8, 4) is 0 Å². The van der Waals surface area contributed by atoms with Crippen molar-refractivity contribution in [3.63, 3.8) is 0 Å². The highest BCUT2D eigenvalue weighted by atomic mass is 32.2. The number of aromatic carboxylic acids is 1. The molecule has 1 atom stereocenters. The van der Waals surface area contributed by atoms with E-state index in [0.717, 1.165) is 12.8 Å². The number of rotatable bonds is 5. The van der Waals surface area contributed by atoms with E-state index in [1.54, 1.807) is 0 Å². The predicted molar refractivity (Wildman–Crippen MR) is 82.6 cm³/mol. The van der Waals surface area contributed by atoms with Crippen molar-refractivity contribution in [1.82, 2.24) is 23.6 Å². The lowest BCUT2D eigenvalue weighted by Gasteiger charge is -2.36. The Kier molecular flexibility index (Phi) is 5.13. The second-order valence-corrected chi connectivity index (χ2v) is 7.94. The van der Waals surface area contributed by atoms with Gasteiger partial charge in [0.05, 0.1) is 19.4 Å². The summed E-state index contributed by atoms with van der Waals surface area (Å²) in [6.07, 6.45) is 3.02. The lowest BCUT2D eigenvalue weighted by molar-refractivity contribution is 0.0688. The van der Waals surface area contributed by atoms with E-state index in [-0.39, 0.29) is 11.6 Å². The van der Waals surface area contributed by atoms with Crippen LogP contribution < -0.4 is 0 Å². The van der Waals surface area contributed by atoms with Gasteiger partial charge in [0, 0.05) is 32.7 Å². The molecule has 1 aromatic heterocycles. The fraction of sp³-hybridized carbons (Fsp3) is 0.769. The van der Waals surface area contributed by atoms with Gasteiger partial charge in [-0.3, -0.25) is 4.68 Å². The molecule has 1 aromatic rings. The average molecular weight is 359 g/mol. The summed E-state index contributed by atoms with van der Waals surface area (Å²) in [6.45, 7) is 2.98. The molecule has 2 aliphatic heterocycles. The molecule has 3 rings (SSSR count). The van der Waals surface area contributed by atoms with E-state index < -0.39 is 16.2 Å². The third-order valence-corrected chi connectivity index (χ3v) is 6.31. The molecule has 3 heterocycles. The van der Waals surface area contributed by atoms with Gasteiger partial charge < -0.3 is 9.84 Å². The van der Waals surface area contributed by atoms with Gasteiger partial charge in [0.15, 0.2) is 5.69 Å². The number of carbonyl (C=O) groups is 1. The number of ether oxygens (including phenoxy) is 1. The Morgan fingerprint density at radius 1 is 1.29 bits per heavy atom. The van der Waals surface area contributed by atoms with E-state index in [1.165, 1.54) is 19.5 Å². The molecule has 0 aromatic carbocycles. The Bertz CT molecular complexity index is 685. The van der Waals surface area contributed by atoms with Crippen molar-refractivity contribution in [2.24, 2.45) is 5.92 Å². The van der Waals surface area contributed by atoms with Crippen molar-refractivity contribution < 1.29 is 23.1 Å². The van der Waals surface area contributed by atoms with Crippen LogP contribution in [0.5, 0.6) is 0 Å². The average Bonchev–Trinajstić information content (AvgIpc) is 3.05. The number of hydrogen-bond acceptors (Lipinski definition) is 6. The van der Waals surface area contributed by atoms with Crippen molar-refractivity contribution in [1.29, 1.82) is 0 Å². The minimum absolute atomic E-state index is 0.0814. The van der Waals surface area contributed by atoms with Crippen molar-refractivity contribution in [2.75, 3.05) is 39.4 Å². The Balaban J connectivity index is 1.64. The molecule has 2 fully saturated rings. The van der Waals surface area contributed by atoms with Crippen LogP contribution in [0.15, 0.2) is 6.20 Å². The number of hydrogen-bond donors (Lipinski definition) is 1. The van der Waals surface area contributed by atoms with Gasteiger partial charge in [-0.15, -0.1) is 5.10 Å². The lowest BCUT2D eigenvalue weighted by atomic mass is 10.00. The summed E-state index contributed by atoms with van der Waals surface area (Å²) in [6, 6.07) is 0. The van der Waals surface area contributed by atoms with Crippen LogP contribution in [0.2, 0.25) is 0 Å². The largest absolute Gasteiger partial charge is 0.476 e. The van der Waals surface area contributed by atoms with Gasteiger partial charge in [-0.05, 0) is 18.8 Å². The van der Waals surface area contributed by atoms with Gasteiger partial charge >= 0.3 is 5.97 Å². The molecule has 0 saturated carbocycles. The van der Waals surface area contributed by atoms with E-state index in [1.807, 2.05) is 0 Å². The molecule has 2 aliphatic rings. The first-order valence-corrected chi connectivity index (χ1v) is 9.33. The maximum absolute atomic E-state index is 12.7. The maximum atomic E-state index is 12.7. The Morgan fingerprint density at radius 3 is 2.71 bits per heavy atom. The first kappa shape index (κ1) is 17.3. The van der Waals surface area contributed by atoms with Crippen LogP contribution in [0.1, 0.15) is 23.3 Å². The second-order valence-electron chi connectivity index (χ2n) is 6.02. The van der Waals surface area contributed by atoms with Crippen LogP contribution >= 0.6 is 0 Å². The monoisotopic (exact) mass is 359 g/mol. The van der Waals surface area contributed by atoms with Crippen LogP contribution in [0.25, 0.3) is 0 Å². The zero-order valence-electron chi connectivity index (χ0n) is 13.2. The van der Waals surface area contributed by atoms with Gasteiger partial charge in [-0.1, -0.05) is 5.21 Å². The van der Waals surface area contributed by atoms with E-state index in [4.69, 9.17) is 9.84 Å². The highest BCUT2D eigenvalue weighted by Gasteiger charge is 2.34. The van der Waals surface area contributed by atoms with E-state index in [9.17, 15) is 13.2 Å². The molecule has 0 amide bonds. The molecule has 134 valence electrons. The molecule has 0 unspecified atom stereocenters. The highest BCUT2D eigenvalue weighted by molar-refractivity contribution is 7.86. The van der Waals surface area contributed by atoms with Crippen LogP contribution in [-0.2, 0) is 21.5 Å². The molecule has 11 heteroatoms. The predicted octanol–water partition coefficient (Wildman–Crippen LogP) is -0.735. The molecule has 1 N–H and O–H groups in total. The van der Waals surface area contributed by atoms with E-state index in [2.05, 4.69) is 10.3 Å². The Hall–Kier alpha value is -1.56. The number of morpholine rings is 1. The first-order valence-electron chi connectivity index (χ1n) is 7.93. The molecular weight excluding hydrogens is 338 g/mol. The molecule has 0 spiro atoms. The fourth-order valence-electron chi connectivity index (χ4n) is 3.08. The van der Waals surface area contributed by atoms with E-state index in [0.29, 0.717) is 45.9 Å². The van der Waals surface area contributed by atoms with Crippen LogP contribution in [0.4, 0.5) is 0 Å². The SMILES string of the molecule is O=C(O)c1cn(C[C@H]2CCCN(S(=O)(=O)N3CCOCC3)C2)nn1. The number of carboxylic acid groups (broad SMARTS) is 1. The molecule has 0 bridgehead atoms. The molecule has 0 aliphatic carbocycles. The molecule has 0 radical (unpaired) electrons. The third kappa shape index (κ3) is 3.74. The van der Waals surface area contributed by atoms with Crippen LogP contribution in [0.3, 0.4) is 0 Å². The minimum atomic E-state index is -3.47. The summed E-state index contributed by atoms with van der Waals surface area (Å²) in [5.74, 6) is -1.04. The van der Waals surface area contributed by atoms with Gasteiger partial charge in [-0.2, -0.15) is 17.0 Å². The fourth-order valence-corrected chi connectivity index (χ4v) is 4.77. The first-order chi connectivity index (χ1) is 11.5. The van der Waals surface area contributed by atoms with Crippen LogP contribution in [-0.4, -0.2) is 82.5 Å². The summed E-state index contributed by atoms with van der Waals surface area (Å²) in [7, 11) is -3.47. The summed E-state index contributed by atoms with van der Waals surface area (Å²) < 4.78 is 35.1. The standard InChI is InChI=1S/C13H21N5O5S/c19-13(20)12-10-16(15-14-12)8-11-2-1-3-18(9-11)24(21,22)17-4-6-23-7-5-17/h10-11H,1-9H2,(H,19,20)/t11-/m1/s1. The zero-order chi connectivity index (χ0) is 17.2. The van der Waals surface area contributed by atoms with Crippen molar-refractivity contribution in [2.45, 2.75) is 19.4 Å². The number of aromatic nitrogens is 3. The van der Waals surface area contributed by atoms with Gasteiger partial charge in [-0.25, -0.2) is 4.79 Å². The number of carboxylic acids is 1. The lowest BCUT2D eigenvalue weighted by Crippen LogP contribution is -2.51. The highest BCUT2D eigenvalue weighted by Crippen LogP contribution is 2.22.